The fourth-order valence-corrected chi connectivity index (χ4v) is 1.60. The number of rotatable bonds is 2. The molecule has 0 N–H and O–H groups in total. The average Bonchev–Trinajstić information content (AvgIpc) is 2.13. The molecule has 1 rings (SSSR count). The summed E-state index contributed by atoms with van der Waals surface area (Å²) in [5, 5.41) is 0. The first-order chi connectivity index (χ1) is 4.68. The average molecular weight is 141 g/mol. The number of ketones is 1. The highest BCUT2D eigenvalue weighted by molar-refractivity contribution is 5.75. The number of hydrogen-bond acceptors (Lipinski definition) is 2. The van der Waals surface area contributed by atoms with Gasteiger partial charge < -0.3 is 9.69 Å². The molecule has 2 heteroatoms. The van der Waals surface area contributed by atoms with Gasteiger partial charge in [-0.15, -0.1) is 0 Å². The Bertz CT molecular complexity index is 133. The summed E-state index contributed by atoms with van der Waals surface area (Å²) < 4.78 is 0. The van der Waals surface area contributed by atoms with Crippen molar-refractivity contribution in [3.8, 4) is 0 Å². The van der Waals surface area contributed by atoms with E-state index < -0.39 is 0 Å². The standard InChI is InChI=1S/C8H15NO/c1-7(10)5-8-3-4-9(2)6-8/h8H,3-6H2,1-2H3/t8-/m1/s1. The number of likely N-dealkylation sites (tertiary alicyclic amines) is 1. The predicted molar refractivity (Wildman–Crippen MR) is 40.9 cm³/mol. The third kappa shape index (κ3) is 2.10. The van der Waals surface area contributed by atoms with E-state index in [0.29, 0.717) is 11.7 Å². The number of carbonyl (C=O) groups excluding carboxylic acids is 1. The lowest BCUT2D eigenvalue weighted by molar-refractivity contribution is -0.117. The van der Waals surface area contributed by atoms with E-state index in [4.69, 9.17) is 0 Å². The lowest BCUT2D eigenvalue weighted by Gasteiger charge is -2.07. The Morgan fingerprint density at radius 3 is 2.80 bits per heavy atom. The summed E-state index contributed by atoms with van der Waals surface area (Å²) >= 11 is 0. The van der Waals surface area contributed by atoms with Crippen molar-refractivity contribution >= 4 is 5.78 Å². The Hall–Kier alpha value is -0.370. The first-order valence-electron chi connectivity index (χ1n) is 3.86. The van der Waals surface area contributed by atoms with Crippen LogP contribution in [0.15, 0.2) is 0 Å². The Morgan fingerprint density at radius 1 is 1.70 bits per heavy atom. The number of hydrogen-bond donors (Lipinski definition) is 0. The van der Waals surface area contributed by atoms with E-state index >= 15 is 0 Å². The Labute approximate surface area is 62.2 Å². The molecule has 0 saturated carbocycles. The van der Waals surface area contributed by atoms with Gasteiger partial charge in [0.2, 0.25) is 0 Å². The van der Waals surface area contributed by atoms with E-state index in [1.54, 1.807) is 6.92 Å². The molecule has 0 aliphatic carbocycles. The first-order valence-corrected chi connectivity index (χ1v) is 3.86. The zero-order valence-corrected chi connectivity index (χ0v) is 6.76. The molecular weight excluding hydrogens is 126 g/mol. The van der Waals surface area contributed by atoms with Crippen LogP contribution in [-0.4, -0.2) is 30.8 Å². The third-order valence-corrected chi connectivity index (χ3v) is 2.07. The van der Waals surface area contributed by atoms with Crippen molar-refractivity contribution in [2.24, 2.45) is 5.92 Å². The maximum atomic E-state index is 10.7. The highest BCUT2D eigenvalue weighted by Gasteiger charge is 2.19. The monoisotopic (exact) mass is 141 g/mol. The normalized spacial score (nSPS) is 27.2. The maximum absolute atomic E-state index is 10.7. The number of nitrogens with zero attached hydrogens (tertiary/aromatic N) is 1. The number of carbonyl (C=O) groups is 1. The summed E-state index contributed by atoms with van der Waals surface area (Å²) in [7, 11) is 2.11. The summed E-state index contributed by atoms with van der Waals surface area (Å²) in [4.78, 5) is 13.0. The molecule has 1 aliphatic rings. The topological polar surface area (TPSA) is 20.3 Å². The molecule has 1 atom stereocenters. The minimum atomic E-state index is 0.334. The van der Waals surface area contributed by atoms with Crippen LogP contribution < -0.4 is 0 Å². The quantitative estimate of drug-likeness (QED) is 0.570. The Balaban J connectivity index is 2.24. The molecule has 0 amide bonds. The Morgan fingerprint density at radius 2 is 2.40 bits per heavy atom. The lowest BCUT2D eigenvalue weighted by Crippen LogP contribution is -2.15. The van der Waals surface area contributed by atoms with Crippen molar-refractivity contribution < 1.29 is 4.79 Å². The van der Waals surface area contributed by atoms with Crippen LogP contribution in [0, 0.1) is 5.92 Å². The third-order valence-electron chi connectivity index (χ3n) is 2.07. The highest BCUT2D eigenvalue weighted by Crippen LogP contribution is 2.17. The highest BCUT2D eigenvalue weighted by atomic mass is 16.1. The maximum Gasteiger partial charge on any atom is 0.130 e. The molecule has 10 heavy (non-hydrogen) atoms. The van der Waals surface area contributed by atoms with E-state index in [2.05, 4.69) is 11.9 Å². The summed E-state index contributed by atoms with van der Waals surface area (Å²) in [6.45, 7) is 3.95. The molecule has 0 aromatic rings. The van der Waals surface area contributed by atoms with Gasteiger partial charge in [0, 0.05) is 13.0 Å². The van der Waals surface area contributed by atoms with Crippen molar-refractivity contribution in [2.45, 2.75) is 19.8 Å². The van der Waals surface area contributed by atoms with Crippen LogP contribution in [0.2, 0.25) is 0 Å². The lowest BCUT2D eigenvalue weighted by atomic mass is 10.0. The van der Waals surface area contributed by atoms with E-state index in [9.17, 15) is 4.79 Å². The van der Waals surface area contributed by atoms with Crippen LogP contribution in [0.3, 0.4) is 0 Å². The molecule has 0 bridgehead atoms. The molecule has 0 unspecified atom stereocenters. The molecule has 0 spiro atoms. The van der Waals surface area contributed by atoms with Gasteiger partial charge in [0.25, 0.3) is 0 Å². The van der Waals surface area contributed by atoms with Crippen molar-refractivity contribution in [1.29, 1.82) is 0 Å². The van der Waals surface area contributed by atoms with Crippen molar-refractivity contribution in [2.75, 3.05) is 20.1 Å². The molecule has 1 aliphatic heterocycles. The van der Waals surface area contributed by atoms with Gasteiger partial charge in [-0.3, -0.25) is 0 Å². The molecule has 0 radical (unpaired) electrons. The van der Waals surface area contributed by atoms with Crippen LogP contribution in [0.5, 0.6) is 0 Å². The van der Waals surface area contributed by atoms with Crippen LogP contribution in [-0.2, 0) is 4.79 Å². The molecule has 0 aromatic heterocycles. The van der Waals surface area contributed by atoms with Gasteiger partial charge in [0.05, 0.1) is 0 Å². The Kier molecular flexibility index (Phi) is 2.44. The van der Waals surface area contributed by atoms with E-state index in [0.717, 1.165) is 19.5 Å². The summed E-state index contributed by atoms with van der Waals surface area (Å²) in [6, 6.07) is 0. The second kappa shape index (κ2) is 3.15. The van der Waals surface area contributed by atoms with Crippen molar-refractivity contribution in [1.82, 2.24) is 4.90 Å². The molecule has 2 nitrogen and oxygen atoms in total. The predicted octanol–water partition coefficient (Wildman–Crippen LogP) is 0.917. The van der Waals surface area contributed by atoms with Crippen LogP contribution in [0.25, 0.3) is 0 Å². The second-order valence-electron chi connectivity index (χ2n) is 3.32. The van der Waals surface area contributed by atoms with Gasteiger partial charge >= 0.3 is 0 Å². The van der Waals surface area contributed by atoms with Gasteiger partial charge in [0.15, 0.2) is 0 Å². The van der Waals surface area contributed by atoms with Gasteiger partial charge in [-0.1, -0.05) is 0 Å². The van der Waals surface area contributed by atoms with Crippen LogP contribution in [0.4, 0.5) is 0 Å². The van der Waals surface area contributed by atoms with Crippen LogP contribution in [0.1, 0.15) is 19.8 Å². The van der Waals surface area contributed by atoms with E-state index in [1.807, 2.05) is 0 Å². The van der Waals surface area contributed by atoms with Gasteiger partial charge in [-0.2, -0.15) is 0 Å². The van der Waals surface area contributed by atoms with Gasteiger partial charge in [-0.05, 0) is 32.9 Å². The zero-order valence-electron chi connectivity index (χ0n) is 6.76. The molecular formula is C8H15NO. The molecule has 58 valence electrons. The van der Waals surface area contributed by atoms with E-state index in [1.165, 1.54) is 6.42 Å². The summed E-state index contributed by atoms with van der Waals surface area (Å²) in [5.41, 5.74) is 0. The SMILES string of the molecule is CC(=O)C[C@H]1CCN(C)C1. The molecule has 1 saturated heterocycles. The van der Waals surface area contributed by atoms with Gasteiger partial charge in [-0.25, -0.2) is 0 Å². The van der Waals surface area contributed by atoms with Gasteiger partial charge in [0.1, 0.15) is 5.78 Å². The first kappa shape index (κ1) is 7.73. The summed E-state index contributed by atoms with van der Waals surface area (Å²) in [5.74, 6) is 0.975. The second-order valence-corrected chi connectivity index (χ2v) is 3.32. The molecule has 1 heterocycles. The minimum Gasteiger partial charge on any atom is -0.306 e. The largest absolute Gasteiger partial charge is 0.306 e. The van der Waals surface area contributed by atoms with E-state index in [-0.39, 0.29) is 0 Å². The fraction of sp³-hybridized carbons (Fsp3) is 0.875. The fourth-order valence-electron chi connectivity index (χ4n) is 1.60. The van der Waals surface area contributed by atoms with Crippen molar-refractivity contribution in [3.05, 3.63) is 0 Å². The smallest absolute Gasteiger partial charge is 0.130 e. The zero-order chi connectivity index (χ0) is 7.56. The minimum absolute atomic E-state index is 0.334. The molecule has 1 fully saturated rings. The summed E-state index contributed by atoms with van der Waals surface area (Å²) in [6.07, 6.45) is 1.99. The van der Waals surface area contributed by atoms with Crippen molar-refractivity contribution in [3.63, 3.8) is 0 Å². The number of Topliss-reactive ketones (excluding diaryl/α,β-unsaturated/α-hetero) is 1. The molecule has 0 aromatic carbocycles. The van der Waals surface area contributed by atoms with Crippen LogP contribution >= 0.6 is 0 Å².